The fourth-order valence-electron chi connectivity index (χ4n) is 1.53. The van der Waals surface area contributed by atoms with Crippen LogP contribution in [0, 0.1) is 40.8 Å². The first-order chi connectivity index (χ1) is 7.50. The van der Waals surface area contributed by atoms with E-state index in [2.05, 4.69) is 0 Å². The fraction of sp³-hybridized carbons (Fsp3) is 1.00. The van der Waals surface area contributed by atoms with Crippen LogP contribution in [0.1, 0.15) is 38.5 Å². The van der Waals surface area contributed by atoms with Gasteiger partial charge in [-0.25, -0.2) is 0 Å². The molecule has 0 bridgehead atoms. The molecule has 103 valence electrons. The van der Waals surface area contributed by atoms with Gasteiger partial charge in [-0.3, -0.25) is 0 Å². The molecule has 7 heteroatoms. The van der Waals surface area contributed by atoms with Crippen molar-refractivity contribution in [1.29, 1.82) is 0 Å². The van der Waals surface area contributed by atoms with Crippen molar-refractivity contribution in [2.24, 2.45) is 0 Å². The quantitative estimate of drug-likeness (QED) is 0.581. The Kier molecular flexibility index (Phi) is 36.8. The molecule has 13 radical (unpaired) electrons. The van der Waals surface area contributed by atoms with Crippen LogP contribution in [-0.4, -0.2) is 64.9 Å². The molecule has 0 aromatic rings. The van der Waals surface area contributed by atoms with Gasteiger partial charge in [-0.05, 0) is 38.5 Å². The van der Waals surface area contributed by atoms with Gasteiger partial charge >= 0.3 is 40.8 Å². The summed E-state index contributed by atoms with van der Waals surface area (Å²) in [7, 11) is 0. The Labute approximate surface area is 157 Å². The molecule has 0 N–H and O–H groups in total. The van der Waals surface area contributed by atoms with E-state index in [1.807, 2.05) is 0 Å². The van der Waals surface area contributed by atoms with Crippen molar-refractivity contribution in [1.82, 2.24) is 0 Å². The van der Waals surface area contributed by atoms with Gasteiger partial charge in [-0.2, -0.15) is 0 Å². The molecule has 3 nitrogen and oxygen atoms in total. The first-order valence-corrected chi connectivity index (χ1v) is 6.23. The van der Waals surface area contributed by atoms with Gasteiger partial charge in [0.2, 0.25) is 0 Å². The molecule has 0 amide bonds. The van der Waals surface area contributed by atoms with Crippen molar-refractivity contribution in [3.05, 3.63) is 0 Å². The maximum Gasteiger partial charge on any atom is 3.00 e. The summed E-state index contributed by atoms with van der Waals surface area (Å²) >= 11 is 0. The van der Waals surface area contributed by atoms with E-state index in [1.165, 1.54) is 38.5 Å². The molecule has 0 atom stereocenters. The van der Waals surface area contributed by atoms with E-state index in [0.717, 1.165) is 39.6 Å². The van der Waals surface area contributed by atoms with E-state index in [4.69, 9.17) is 14.2 Å². The van der Waals surface area contributed by atoms with Crippen LogP contribution in [0.2, 0.25) is 0 Å². The van der Waals surface area contributed by atoms with Gasteiger partial charge in [0, 0.05) is 39.6 Å². The number of hydrogen-bond donors (Lipinski definition) is 0. The summed E-state index contributed by atoms with van der Waals surface area (Å²) in [6.07, 6.45) is 7.67. The zero-order chi connectivity index (χ0) is 10.6. The Bertz CT molecular complexity index is 86.8. The third kappa shape index (κ3) is 21.9. The molecule has 0 aliphatic carbocycles. The molecule has 3 aliphatic heterocycles. The van der Waals surface area contributed by atoms with Crippen molar-refractivity contribution in [2.75, 3.05) is 39.6 Å². The first kappa shape index (κ1) is 28.6. The van der Waals surface area contributed by atoms with Gasteiger partial charge in [0.1, 0.15) is 0 Å². The van der Waals surface area contributed by atoms with Crippen LogP contribution >= 0.6 is 0 Å². The molecule has 3 rings (SSSR count). The largest absolute Gasteiger partial charge is 3.00 e. The van der Waals surface area contributed by atoms with E-state index >= 15 is 0 Å². The standard InChI is InChI=1S/3C4H8O.3B.Nd/c3*1-2-4-5-3-1;;;;/h3*1-4H2;;;;/q;;;3*-1;+3. The second-order valence-electron chi connectivity index (χ2n) is 3.96. The summed E-state index contributed by atoms with van der Waals surface area (Å²) in [5.41, 5.74) is 0. The van der Waals surface area contributed by atoms with Crippen molar-refractivity contribution in [3.8, 4) is 0 Å². The Hall–Kier alpha value is 1.43. The van der Waals surface area contributed by atoms with E-state index in [1.54, 1.807) is 0 Å². The van der Waals surface area contributed by atoms with Crippen molar-refractivity contribution in [2.45, 2.75) is 38.5 Å². The summed E-state index contributed by atoms with van der Waals surface area (Å²) in [4.78, 5) is 0. The SMILES string of the molecule is C1CCOC1.C1CCOC1.C1CCOC1.[B-].[B-].[B-].[Nd+3]. The molecular formula is C12H24B3NdO3. The Morgan fingerprint density at radius 2 is 0.526 bits per heavy atom. The van der Waals surface area contributed by atoms with Crippen molar-refractivity contribution < 1.29 is 55.0 Å². The number of rotatable bonds is 0. The summed E-state index contributed by atoms with van der Waals surface area (Å²) in [5.74, 6) is 0. The molecule has 3 heterocycles. The molecule has 0 saturated carbocycles. The summed E-state index contributed by atoms with van der Waals surface area (Å²) in [6, 6.07) is 0. The van der Waals surface area contributed by atoms with E-state index in [0.29, 0.717) is 0 Å². The van der Waals surface area contributed by atoms with Crippen LogP contribution in [0.25, 0.3) is 0 Å². The predicted octanol–water partition coefficient (Wildman–Crippen LogP) is 1.25. The second-order valence-corrected chi connectivity index (χ2v) is 3.96. The molecule has 3 saturated heterocycles. The van der Waals surface area contributed by atoms with E-state index in [-0.39, 0.29) is 66.1 Å². The summed E-state index contributed by atoms with van der Waals surface area (Å²) < 4.78 is 14.8. The zero-order valence-corrected chi connectivity index (χ0v) is 15.2. The smallest absolute Gasteiger partial charge is 1.00 e. The zero-order valence-electron chi connectivity index (χ0n) is 11.9. The summed E-state index contributed by atoms with van der Waals surface area (Å²) in [5, 5.41) is 0. The molecule has 0 unspecified atom stereocenters. The van der Waals surface area contributed by atoms with Gasteiger partial charge in [0.25, 0.3) is 0 Å². The molecule has 19 heavy (non-hydrogen) atoms. The van der Waals surface area contributed by atoms with Crippen molar-refractivity contribution >= 4 is 25.2 Å². The molecule has 0 aromatic carbocycles. The van der Waals surface area contributed by atoms with Crippen LogP contribution in [0.4, 0.5) is 0 Å². The van der Waals surface area contributed by atoms with E-state index in [9.17, 15) is 0 Å². The maximum atomic E-state index is 4.94. The van der Waals surface area contributed by atoms with Gasteiger partial charge in [0.05, 0.1) is 0 Å². The molecule has 3 aliphatic rings. The molecule has 0 aromatic heterocycles. The third-order valence-electron chi connectivity index (χ3n) is 2.48. The fourth-order valence-corrected chi connectivity index (χ4v) is 1.53. The average Bonchev–Trinajstić information content (AvgIpc) is 3.09. The van der Waals surface area contributed by atoms with Crippen LogP contribution in [0.3, 0.4) is 0 Å². The number of hydrogen-bond acceptors (Lipinski definition) is 3. The maximum absolute atomic E-state index is 4.94. The normalized spacial score (nSPS) is 18.9. The van der Waals surface area contributed by atoms with Crippen LogP contribution in [0.5, 0.6) is 0 Å². The average molecular weight is 393 g/mol. The Morgan fingerprint density at radius 3 is 0.579 bits per heavy atom. The topological polar surface area (TPSA) is 27.7 Å². The van der Waals surface area contributed by atoms with Gasteiger partial charge in [-0.15, -0.1) is 0 Å². The minimum absolute atomic E-state index is 0. The van der Waals surface area contributed by atoms with Crippen molar-refractivity contribution in [3.63, 3.8) is 0 Å². The van der Waals surface area contributed by atoms with E-state index < -0.39 is 0 Å². The Morgan fingerprint density at radius 1 is 0.368 bits per heavy atom. The third-order valence-corrected chi connectivity index (χ3v) is 2.48. The second kappa shape index (κ2) is 24.4. The monoisotopic (exact) mass is 391 g/mol. The van der Waals surface area contributed by atoms with Crippen LogP contribution < -0.4 is 0 Å². The Balaban J connectivity index is -0.0000000804. The predicted molar refractivity (Wildman–Crippen MR) is 77.4 cm³/mol. The number of ether oxygens (including phenoxy) is 3. The first-order valence-electron chi connectivity index (χ1n) is 6.23. The molecular weight excluding hydrogens is 369 g/mol. The minimum atomic E-state index is 0. The van der Waals surface area contributed by atoms with Crippen LogP contribution in [-0.2, 0) is 14.2 Å². The summed E-state index contributed by atoms with van der Waals surface area (Å²) in [6.45, 7) is 6.00. The molecule has 0 spiro atoms. The van der Waals surface area contributed by atoms with Gasteiger partial charge in [-0.1, -0.05) is 0 Å². The molecule has 3 fully saturated rings. The minimum Gasteiger partial charge on any atom is -1.00 e. The van der Waals surface area contributed by atoms with Gasteiger partial charge < -0.3 is 39.4 Å². The van der Waals surface area contributed by atoms with Crippen LogP contribution in [0.15, 0.2) is 0 Å². The van der Waals surface area contributed by atoms with Gasteiger partial charge in [0.15, 0.2) is 0 Å².